The summed E-state index contributed by atoms with van der Waals surface area (Å²) in [5, 5.41) is 14.0. The van der Waals surface area contributed by atoms with Gasteiger partial charge >= 0.3 is 5.97 Å². The van der Waals surface area contributed by atoms with E-state index in [0.717, 1.165) is 5.56 Å². The number of hydrogen-bond acceptors (Lipinski definition) is 4. The lowest BCUT2D eigenvalue weighted by Crippen LogP contribution is -2.06. The van der Waals surface area contributed by atoms with Gasteiger partial charge in [0.05, 0.1) is 18.9 Å². The van der Waals surface area contributed by atoms with Crippen LogP contribution < -0.4 is 0 Å². The van der Waals surface area contributed by atoms with Crippen LogP contribution in [-0.4, -0.2) is 27.5 Å². The van der Waals surface area contributed by atoms with Gasteiger partial charge in [0, 0.05) is 24.2 Å². The van der Waals surface area contributed by atoms with E-state index >= 15 is 0 Å². The van der Waals surface area contributed by atoms with Crippen LogP contribution in [0.2, 0.25) is 0 Å². The molecule has 0 fully saturated rings. The summed E-state index contributed by atoms with van der Waals surface area (Å²) in [5.41, 5.74) is 0.739. The molecule has 1 N–H and O–H groups in total. The van der Waals surface area contributed by atoms with Crippen molar-refractivity contribution in [3.05, 3.63) is 18.0 Å². The number of nitrogens with zero attached hydrogens (tertiary/aromatic N) is 2. The van der Waals surface area contributed by atoms with Gasteiger partial charge in [-0.25, -0.2) is 0 Å². The van der Waals surface area contributed by atoms with Gasteiger partial charge in [-0.2, -0.15) is 5.10 Å². The van der Waals surface area contributed by atoms with Crippen molar-refractivity contribution in [3.8, 4) is 0 Å². The Morgan fingerprint density at radius 1 is 1.59 bits per heavy atom. The minimum absolute atomic E-state index is 0.224. The van der Waals surface area contributed by atoms with Crippen LogP contribution in [0.4, 0.5) is 0 Å². The highest BCUT2D eigenvalue weighted by molar-refractivity contribution is 5.69. The van der Waals surface area contributed by atoms with Gasteiger partial charge in [0.15, 0.2) is 0 Å². The van der Waals surface area contributed by atoms with Crippen molar-refractivity contribution in [2.75, 3.05) is 6.61 Å². The minimum atomic E-state index is -0.660. The smallest absolute Gasteiger partial charge is 0.305 e. The number of rotatable bonds is 6. The number of carbonyl (C=O) groups excluding carboxylic acids is 1. The predicted octanol–water partition coefficient (Wildman–Crippen LogP) is 1.84. The molecule has 0 spiro atoms. The first-order valence-corrected chi connectivity index (χ1v) is 5.92. The molecule has 5 nitrogen and oxygen atoms in total. The van der Waals surface area contributed by atoms with E-state index in [1.165, 1.54) is 0 Å². The molecule has 5 heteroatoms. The van der Waals surface area contributed by atoms with Gasteiger partial charge in [0.2, 0.25) is 0 Å². The normalized spacial score (nSPS) is 12.8. The molecule has 0 aliphatic carbocycles. The highest BCUT2D eigenvalue weighted by Gasteiger charge is 2.13. The van der Waals surface area contributed by atoms with E-state index in [4.69, 9.17) is 4.74 Å². The Morgan fingerprint density at radius 3 is 2.82 bits per heavy atom. The lowest BCUT2D eigenvalue weighted by molar-refractivity contribution is -0.143. The molecule has 0 aliphatic heterocycles. The number of hydrogen-bond donors (Lipinski definition) is 1. The second-order valence-electron chi connectivity index (χ2n) is 4.21. The molecule has 1 atom stereocenters. The van der Waals surface area contributed by atoms with Crippen molar-refractivity contribution in [1.82, 2.24) is 9.78 Å². The van der Waals surface area contributed by atoms with Crippen molar-refractivity contribution >= 4 is 5.97 Å². The fourth-order valence-corrected chi connectivity index (χ4v) is 1.46. The summed E-state index contributed by atoms with van der Waals surface area (Å²) in [5.74, 6) is -0.275. The van der Waals surface area contributed by atoms with E-state index in [1.807, 2.05) is 13.8 Å². The quantitative estimate of drug-likeness (QED) is 0.771. The van der Waals surface area contributed by atoms with Crippen LogP contribution in [-0.2, 0) is 9.53 Å². The summed E-state index contributed by atoms with van der Waals surface area (Å²) >= 11 is 0. The third-order valence-electron chi connectivity index (χ3n) is 2.46. The Hall–Kier alpha value is -1.36. The van der Waals surface area contributed by atoms with Gasteiger partial charge in [-0.05, 0) is 27.2 Å². The molecule has 0 amide bonds. The maximum atomic E-state index is 11.1. The summed E-state index contributed by atoms with van der Waals surface area (Å²) in [6, 6.07) is 0.265. The van der Waals surface area contributed by atoms with Gasteiger partial charge in [-0.1, -0.05) is 0 Å². The summed E-state index contributed by atoms with van der Waals surface area (Å²) in [7, 11) is 0. The Balaban J connectivity index is 2.46. The van der Waals surface area contributed by atoms with Crippen LogP contribution >= 0.6 is 0 Å². The molecule has 0 bridgehead atoms. The first-order chi connectivity index (χ1) is 8.04. The van der Waals surface area contributed by atoms with E-state index in [-0.39, 0.29) is 18.4 Å². The maximum absolute atomic E-state index is 11.1. The number of carbonyl (C=O) groups is 1. The van der Waals surface area contributed by atoms with Crippen LogP contribution in [0.1, 0.15) is 51.3 Å². The molecule has 0 aromatic carbocycles. The first-order valence-electron chi connectivity index (χ1n) is 5.92. The zero-order valence-corrected chi connectivity index (χ0v) is 10.6. The monoisotopic (exact) mass is 240 g/mol. The number of esters is 1. The topological polar surface area (TPSA) is 64.3 Å². The van der Waals surface area contributed by atoms with Crippen molar-refractivity contribution in [1.29, 1.82) is 0 Å². The molecule has 96 valence electrons. The standard InChI is InChI=1S/C12H20N2O3/c1-4-17-12(16)6-5-11(15)10-7-13-14(8-10)9(2)3/h7-9,11,15H,4-6H2,1-3H3. The first kappa shape index (κ1) is 13.7. The minimum Gasteiger partial charge on any atom is -0.466 e. The lowest BCUT2D eigenvalue weighted by Gasteiger charge is -2.08. The number of ether oxygens (including phenoxy) is 1. The van der Waals surface area contributed by atoms with Crippen molar-refractivity contribution in [2.45, 2.75) is 45.8 Å². The highest BCUT2D eigenvalue weighted by atomic mass is 16.5. The van der Waals surface area contributed by atoms with Gasteiger partial charge < -0.3 is 9.84 Å². The zero-order chi connectivity index (χ0) is 12.8. The molecule has 0 aliphatic rings. The predicted molar refractivity (Wildman–Crippen MR) is 63.4 cm³/mol. The third-order valence-corrected chi connectivity index (χ3v) is 2.46. The molecule has 1 heterocycles. The van der Waals surface area contributed by atoms with E-state index in [1.54, 1.807) is 24.0 Å². The van der Waals surface area contributed by atoms with E-state index in [2.05, 4.69) is 5.10 Å². The third kappa shape index (κ3) is 4.19. The van der Waals surface area contributed by atoms with E-state index in [0.29, 0.717) is 13.0 Å². The molecule has 0 saturated carbocycles. The van der Waals surface area contributed by atoms with Crippen LogP contribution in [0.3, 0.4) is 0 Å². The largest absolute Gasteiger partial charge is 0.466 e. The Morgan fingerprint density at radius 2 is 2.29 bits per heavy atom. The molecule has 0 saturated heterocycles. The molecule has 0 radical (unpaired) electrons. The number of aliphatic hydroxyl groups is 1. The van der Waals surface area contributed by atoms with Gasteiger partial charge in [0.25, 0.3) is 0 Å². The van der Waals surface area contributed by atoms with E-state index in [9.17, 15) is 9.90 Å². The average molecular weight is 240 g/mol. The average Bonchev–Trinajstić information content (AvgIpc) is 2.75. The SMILES string of the molecule is CCOC(=O)CCC(O)c1cnn(C(C)C)c1. The molecule has 1 rings (SSSR count). The van der Waals surface area contributed by atoms with Crippen molar-refractivity contribution < 1.29 is 14.6 Å². The Labute approximate surface area is 101 Å². The van der Waals surface area contributed by atoms with Crippen molar-refractivity contribution in [3.63, 3.8) is 0 Å². The van der Waals surface area contributed by atoms with Crippen LogP contribution in [0, 0.1) is 0 Å². The molecular formula is C12H20N2O3. The van der Waals surface area contributed by atoms with Gasteiger partial charge in [-0.15, -0.1) is 0 Å². The molecular weight excluding hydrogens is 220 g/mol. The molecule has 1 aromatic heterocycles. The summed E-state index contributed by atoms with van der Waals surface area (Å²) in [4.78, 5) is 11.1. The molecule has 1 unspecified atom stereocenters. The summed E-state index contributed by atoms with van der Waals surface area (Å²) in [6.07, 6.45) is 3.37. The maximum Gasteiger partial charge on any atom is 0.305 e. The fourth-order valence-electron chi connectivity index (χ4n) is 1.46. The molecule has 17 heavy (non-hydrogen) atoms. The van der Waals surface area contributed by atoms with Crippen LogP contribution in [0.5, 0.6) is 0 Å². The Kier molecular flexibility index (Phi) is 5.15. The number of aliphatic hydroxyl groups excluding tert-OH is 1. The summed E-state index contributed by atoms with van der Waals surface area (Å²) in [6.45, 7) is 6.17. The van der Waals surface area contributed by atoms with E-state index < -0.39 is 6.10 Å². The fraction of sp³-hybridized carbons (Fsp3) is 0.667. The van der Waals surface area contributed by atoms with Gasteiger partial charge in [-0.3, -0.25) is 9.48 Å². The lowest BCUT2D eigenvalue weighted by atomic mass is 10.1. The highest BCUT2D eigenvalue weighted by Crippen LogP contribution is 2.19. The number of aromatic nitrogens is 2. The van der Waals surface area contributed by atoms with Gasteiger partial charge in [0.1, 0.15) is 0 Å². The molecule has 1 aromatic rings. The van der Waals surface area contributed by atoms with Crippen molar-refractivity contribution in [2.24, 2.45) is 0 Å². The van der Waals surface area contributed by atoms with Crippen LogP contribution in [0.15, 0.2) is 12.4 Å². The second-order valence-corrected chi connectivity index (χ2v) is 4.21. The summed E-state index contributed by atoms with van der Waals surface area (Å²) < 4.78 is 6.58. The second kappa shape index (κ2) is 6.39. The zero-order valence-electron chi connectivity index (χ0n) is 10.6. The van der Waals surface area contributed by atoms with Crippen LogP contribution in [0.25, 0.3) is 0 Å². The Bertz CT molecular complexity index is 360.